The first-order valence-corrected chi connectivity index (χ1v) is 12.0. The van der Waals surface area contributed by atoms with Crippen molar-refractivity contribution in [1.29, 1.82) is 0 Å². The maximum absolute atomic E-state index is 14.1. The summed E-state index contributed by atoms with van der Waals surface area (Å²) in [5, 5.41) is 3.54. The van der Waals surface area contributed by atoms with Gasteiger partial charge in [0.05, 0.1) is 40.6 Å². The molecule has 0 spiro atoms. The topological polar surface area (TPSA) is 71.1 Å². The number of hydrogen-bond acceptors (Lipinski definition) is 5. The van der Waals surface area contributed by atoms with E-state index in [0.29, 0.717) is 17.1 Å². The lowest BCUT2D eigenvalue weighted by atomic mass is 9.92. The fraction of sp³-hybridized carbons (Fsp3) is 0.241. The fourth-order valence-corrected chi connectivity index (χ4v) is 5.24. The molecule has 3 aliphatic rings. The van der Waals surface area contributed by atoms with Gasteiger partial charge in [0.15, 0.2) is 11.5 Å². The summed E-state index contributed by atoms with van der Waals surface area (Å²) >= 11 is 0. The van der Waals surface area contributed by atoms with Crippen LogP contribution >= 0.6 is 0 Å². The summed E-state index contributed by atoms with van der Waals surface area (Å²) in [6.45, 7) is 4.18. The Morgan fingerprint density at radius 1 is 1.00 bits per heavy atom. The van der Waals surface area contributed by atoms with E-state index in [1.54, 1.807) is 16.8 Å². The van der Waals surface area contributed by atoms with Crippen molar-refractivity contribution in [3.8, 4) is 11.5 Å². The Morgan fingerprint density at radius 3 is 2.53 bits per heavy atom. The van der Waals surface area contributed by atoms with E-state index < -0.39 is 11.6 Å². The van der Waals surface area contributed by atoms with Crippen molar-refractivity contribution in [1.82, 2.24) is 4.90 Å². The first kappa shape index (κ1) is 22.2. The number of carbonyl (C=O) groups is 2. The van der Waals surface area contributed by atoms with Gasteiger partial charge in [-0.1, -0.05) is 48.5 Å². The van der Waals surface area contributed by atoms with Gasteiger partial charge in [-0.15, -0.1) is 0 Å². The van der Waals surface area contributed by atoms with Gasteiger partial charge in [-0.25, -0.2) is 0 Å². The Hall–Kier alpha value is -4.26. The van der Waals surface area contributed by atoms with Crippen molar-refractivity contribution in [2.24, 2.45) is 0 Å². The van der Waals surface area contributed by atoms with Crippen LogP contribution in [0.15, 0.2) is 84.1 Å². The first-order chi connectivity index (χ1) is 17.4. The second-order valence-corrected chi connectivity index (χ2v) is 9.80. The highest BCUT2D eigenvalue weighted by atomic mass is 16.7. The molecule has 1 atom stereocenters. The maximum atomic E-state index is 14.1. The molecule has 0 saturated heterocycles. The summed E-state index contributed by atoms with van der Waals surface area (Å²) < 4.78 is 11.2. The Morgan fingerprint density at radius 2 is 1.72 bits per heavy atom. The SMILES string of the molecule is CN1C(=O)C2=C(Nc3ccccc3N(C(=O)Cc3ccccc3)C2c2ccc3c(c2)OCO3)C1(C)C. The number of anilines is 2. The molecule has 0 radical (unpaired) electrons. The van der Waals surface area contributed by atoms with Crippen LogP contribution in [0.1, 0.15) is 31.0 Å². The third-order valence-electron chi connectivity index (χ3n) is 7.39. The summed E-state index contributed by atoms with van der Waals surface area (Å²) in [7, 11) is 1.80. The van der Waals surface area contributed by atoms with Crippen molar-refractivity contribution in [3.63, 3.8) is 0 Å². The monoisotopic (exact) mass is 481 g/mol. The molecular weight excluding hydrogens is 454 g/mol. The van der Waals surface area contributed by atoms with Crippen molar-refractivity contribution in [2.45, 2.75) is 31.8 Å². The van der Waals surface area contributed by atoms with E-state index in [4.69, 9.17) is 9.47 Å². The number of para-hydroxylation sites is 2. The normalized spacial score (nSPS) is 19.5. The molecule has 1 unspecified atom stereocenters. The van der Waals surface area contributed by atoms with Gasteiger partial charge in [-0.3, -0.25) is 14.5 Å². The number of rotatable bonds is 3. The van der Waals surface area contributed by atoms with E-state index in [1.807, 2.05) is 86.6 Å². The Bertz CT molecular complexity index is 1410. The molecule has 3 aromatic carbocycles. The minimum atomic E-state index is -0.654. The maximum Gasteiger partial charge on any atom is 0.254 e. The van der Waals surface area contributed by atoms with Gasteiger partial charge in [0.25, 0.3) is 5.91 Å². The molecule has 6 rings (SSSR count). The van der Waals surface area contributed by atoms with Crippen molar-refractivity contribution >= 4 is 23.2 Å². The summed E-state index contributed by atoms with van der Waals surface area (Å²) in [6.07, 6.45) is 0.201. The van der Waals surface area contributed by atoms with Crippen LogP contribution in [0, 0.1) is 0 Å². The summed E-state index contributed by atoms with van der Waals surface area (Å²) in [6, 6.07) is 22.4. The van der Waals surface area contributed by atoms with E-state index >= 15 is 0 Å². The van der Waals surface area contributed by atoms with Crippen LogP contribution < -0.4 is 19.7 Å². The van der Waals surface area contributed by atoms with Gasteiger partial charge in [0.1, 0.15) is 0 Å². The summed E-state index contributed by atoms with van der Waals surface area (Å²) in [4.78, 5) is 31.5. The zero-order chi connectivity index (χ0) is 25.0. The van der Waals surface area contributed by atoms with Gasteiger partial charge >= 0.3 is 0 Å². The molecule has 36 heavy (non-hydrogen) atoms. The molecule has 0 aromatic heterocycles. The van der Waals surface area contributed by atoms with Crippen LogP contribution in [0.2, 0.25) is 0 Å². The van der Waals surface area contributed by atoms with Gasteiger partial charge in [0, 0.05) is 7.05 Å². The van der Waals surface area contributed by atoms with Crippen molar-refractivity contribution in [3.05, 3.63) is 95.2 Å². The zero-order valence-electron chi connectivity index (χ0n) is 20.4. The molecule has 0 aliphatic carbocycles. The molecule has 0 fully saturated rings. The van der Waals surface area contributed by atoms with Crippen molar-refractivity contribution in [2.75, 3.05) is 24.1 Å². The lowest BCUT2D eigenvalue weighted by molar-refractivity contribution is -0.127. The molecule has 182 valence electrons. The molecule has 3 aliphatic heterocycles. The average Bonchev–Trinajstić information content (AvgIpc) is 3.35. The summed E-state index contributed by atoms with van der Waals surface area (Å²) in [5.41, 5.74) is 3.95. The van der Waals surface area contributed by atoms with E-state index in [9.17, 15) is 9.59 Å². The molecule has 1 N–H and O–H groups in total. The molecule has 3 aromatic rings. The highest BCUT2D eigenvalue weighted by Gasteiger charge is 2.50. The lowest BCUT2D eigenvalue weighted by Gasteiger charge is -2.34. The van der Waals surface area contributed by atoms with E-state index in [2.05, 4.69) is 5.32 Å². The third kappa shape index (κ3) is 3.34. The van der Waals surface area contributed by atoms with Crippen LogP contribution in [0.3, 0.4) is 0 Å². The fourth-order valence-electron chi connectivity index (χ4n) is 5.24. The van der Waals surface area contributed by atoms with Crippen LogP contribution in [-0.2, 0) is 16.0 Å². The largest absolute Gasteiger partial charge is 0.454 e. The number of benzene rings is 3. The molecular formula is C29H27N3O4. The van der Waals surface area contributed by atoms with Crippen LogP contribution in [0.25, 0.3) is 0 Å². The quantitative estimate of drug-likeness (QED) is 0.589. The average molecular weight is 482 g/mol. The molecule has 7 nitrogen and oxygen atoms in total. The molecule has 7 heteroatoms. The molecule has 3 heterocycles. The molecule has 0 bridgehead atoms. The van der Waals surface area contributed by atoms with Gasteiger partial charge in [0.2, 0.25) is 12.7 Å². The van der Waals surface area contributed by atoms with Gasteiger partial charge in [-0.05, 0) is 49.2 Å². The Balaban J connectivity index is 1.59. The van der Waals surface area contributed by atoms with E-state index in [0.717, 1.165) is 28.2 Å². The number of nitrogens with one attached hydrogen (secondary N) is 1. The third-order valence-corrected chi connectivity index (χ3v) is 7.39. The second-order valence-electron chi connectivity index (χ2n) is 9.80. The highest BCUT2D eigenvalue weighted by Crippen LogP contribution is 2.49. The minimum Gasteiger partial charge on any atom is -0.454 e. The van der Waals surface area contributed by atoms with Crippen LogP contribution in [0.5, 0.6) is 11.5 Å². The van der Waals surface area contributed by atoms with E-state index in [1.165, 1.54) is 0 Å². The van der Waals surface area contributed by atoms with Crippen molar-refractivity contribution < 1.29 is 19.1 Å². The molecule has 0 saturated carbocycles. The number of fused-ring (bicyclic) bond motifs is 2. The van der Waals surface area contributed by atoms with Crippen LogP contribution in [-0.4, -0.2) is 36.1 Å². The summed E-state index contributed by atoms with van der Waals surface area (Å²) in [5.74, 6) is 1.04. The minimum absolute atomic E-state index is 0.105. The predicted octanol–water partition coefficient (Wildman–Crippen LogP) is 4.66. The number of likely N-dealkylation sites (N-methyl/N-ethyl adjacent to an activating group) is 1. The van der Waals surface area contributed by atoms with E-state index in [-0.39, 0.29) is 25.0 Å². The molecule has 2 amide bonds. The highest BCUT2D eigenvalue weighted by molar-refractivity contribution is 6.07. The Kier molecular flexibility index (Phi) is 5.03. The number of hydrogen-bond donors (Lipinski definition) is 1. The first-order valence-electron chi connectivity index (χ1n) is 12.0. The zero-order valence-corrected chi connectivity index (χ0v) is 20.4. The van der Waals surface area contributed by atoms with Gasteiger partial charge in [-0.2, -0.15) is 0 Å². The number of ether oxygens (including phenoxy) is 2. The second kappa shape index (κ2) is 8.16. The lowest BCUT2D eigenvalue weighted by Crippen LogP contribution is -2.43. The number of amides is 2. The Labute approximate surface area is 209 Å². The van der Waals surface area contributed by atoms with Gasteiger partial charge < -0.3 is 19.7 Å². The van der Waals surface area contributed by atoms with Crippen LogP contribution in [0.4, 0.5) is 11.4 Å². The number of nitrogens with zero attached hydrogens (tertiary/aromatic N) is 2. The predicted molar refractivity (Wildman–Crippen MR) is 137 cm³/mol. The standard InChI is InChI=1S/C29H27N3O4/c1-29(2)27-25(28(34)31(29)3)26(19-13-14-22-23(16-19)36-17-35-22)32(21-12-8-7-11-20(21)30-27)24(33)15-18-9-5-4-6-10-18/h4-14,16,26,30H,15,17H2,1-3H3. The number of carbonyl (C=O) groups excluding carboxylic acids is 2. The smallest absolute Gasteiger partial charge is 0.254 e.